The summed E-state index contributed by atoms with van der Waals surface area (Å²) in [5.74, 6) is 0.121. The van der Waals surface area contributed by atoms with E-state index in [0.717, 1.165) is 25.7 Å². The zero-order chi connectivity index (χ0) is 13.0. The Labute approximate surface area is 108 Å². The molecule has 0 aromatic heterocycles. The quantitative estimate of drug-likeness (QED) is 0.753. The Morgan fingerprint density at radius 2 is 2.00 bits per heavy atom. The van der Waals surface area contributed by atoms with Crippen LogP contribution in [0.2, 0.25) is 0 Å². The van der Waals surface area contributed by atoms with Gasteiger partial charge in [-0.25, -0.2) is 0 Å². The molecular formula is C13H24N2O3. The molecule has 2 N–H and O–H groups in total. The number of ether oxygens (including phenoxy) is 1. The molecule has 1 saturated heterocycles. The van der Waals surface area contributed by atoms with E-state index in [2.05, 4.69) is 5.32 Å². The molecule has 1 aliphatic carbocycles. The molecule has 1 saturated carbocycles. The first kappa shape index (κ1) is 13.8. The summed E-state index contributed by atoms with van der Waals surface area (Å²) in [6.07, 6.45) is 3.72. The van der Waals surface area contributed by atoms with Gasteiger partial charge in [0.15, 0.2) is 0 Å². The molecule has 1 heterocycles. The number of amides is 1. The lowest BCUT2D eigenvalue weighted by Crippen LogP contribution is -2.54. The smallest absolute Gasteiger partial charge is 0.239 e. The number of aliphatic hydroxyl groups excluding tert-OH is 1. The molecular weight excluding hydrogens is 232 g/mol. The van der Waals surface area contributed by atoms with Crippen LogP contribution in [0.15, 0.2) is 0 Å². The van der Waals surface area contributed by atoms with Crippen molar-refractivity contribution in [2.24, 2.45) is 0 Å². The predicted octanol–water partition coefficient (Wildman–Crippen LogP) is 0.127. The van der Waals surface area contributed by atoms with Gasteiger partial charge in [-0.15, -0.1) is 0 Å². The van der Waals surface area contributed by atoms with Gasteiger partial charge in [-0.2, -0.15) is 0 Å². The standard InChI is InChI=1S/C13H24N2O3/c1-10(13(17)15-6-8-18-9-7-15)14-11-4-2-3-5-12(11)16/h10-12,14,16H,2-9H2,1H3/t10?,11-,12-/m1/s1. The van der Waals surface area contributed by atoms with E-state index in [1.54, 1.807) is 0 Å². The summed E-state index contributed by atoms with van der Waals surface area (Å²) >= 11 is 0. The van der Waals surface area contributed by atoms with Crippen molar-refractivity contribution in [2.75, 3.05) is 26.3 Å². The molecule has 0 bridgehead atoms. The second-order valence-electron chi connectivity index (χ2n) is 5.28. The third-order valence-corrected chi connectivity index (χ3v) is 3.89. The van der Waals surface area contributed by atoms with E-state index in [4.69, 9.17) is 4.74 Å². The Morgan fingerprint density at radius 1 is 1.33 bits per heavy atom. The van der Waals surface area contributed by atoms with Crippen molar-refractivity contribution in [3.63, 3.8) is 0 Å². The fraction of sp³-hybridized carbons (Fsp3) is 0.923. The summed E-state index contributed by atoms with van der Waals surface area (Å²) in [7, 11) is 0. The van der Waals surface area contributed by atoms with Gasteiger partial charge in [-0.1, -0.05) is 12.8 Å². The van der Waals surface area contributed by atoms with Crippen LogP contribution in [0.25, 0.3) is 0 Å². The Bertz CT molecular complexity index is 279. The average Bonchev–Trinajstić information content (AvgIpc) is 2.41. The highest BCUT2D eigenvalue weighted by Crippen LogP contribution is 2.19. The van der Waals surface area contributed by atoms with Gasteiger partial charge in [0, 0.05) is 19.1 Å². The first-order valence-corrected chi connectivity index (χ1v) is 6.99. The first-order valence-electron chi connectivity index (χ1n) is 6.99. The van der Waals surface area contributed by atoms with Crippen LogP contribution in [-0.2, 0) is 9.53 Å². The van der Waals surface area contributed by atoms with Gasteiger partial charge in [0.1, 0.15) is 0 Å². The average molecular weight is 256 g/mol. The summed E-state index contributed by atoms with van der Waals surface area (Å²) in [6, 6.07) is -0.153. The van der Waals surface area contributed by atoms with Crippen LogP contribution in [0.5, 0.6) is 0 Å². The van der Waals surface area contributed by atoms with Gasteiger partial charge in [0.25, 0.3) is 0 Å². The molecule has 5 heteroatoms. The molecule has 2 aliphatic rings. The summed E-state index contributed by atoms with van der Waals surface area (Å²) in [4.78, 5) is 14.0. The number of rotatable bonds is 3. The van der Waals surface area contributed by atoms with Crippen molar-refractivity contribution >= 4 is 5.91 Å². The molecule has 1 aliphatic heterocycles. The highest BCUT2D eigenvalue weighted by atomic mass is 16.5. The van der Waals surface area contributed by atoms with Gasteiger partial charge >= 0.3 is 0 Å². The van der Waals surface area contributed by atoms with Crippen molar-refractivity contribution in [1.29, 1.82) is 0 Å². The Hall–Kier alpha value is -0.650. The van der Waals surface area contributed by atoms with Crippen molar-refractivity contribution in [1.82, 2.24) is 10.2 Å². The molecule has 0 spiro atoms. The van der Waals surface area contributed by atoms with Gasteiger partial charge in [0.05, 0.1) is 25.4 Å². The molecule has 5 nitrogen and oxygen atoms in total. The minimum Gasteiger partial charge on any atom is -0.392 e. The van der Waals surface area contributed by atoms with E-state index in [-0.39, 0.29) is 24.1 Å². The van der Waals surface area contributed by atoms with E-state index in [9.17, 15) is 9.90 Å². The predicted molar refractivity (Wildman–Crippen MR) is 68.3 cm³/mol. The number of morpholine rings is 1. The number of aliphatic hydroxyl groups is 1. The van der Waals surface area contributed by atoms with Crippen LogP contribution in [0.1, 0.15) is 32.6 Å². The summed E-state index contributed by atoms with van der Waals surface area (Å²) < 4.78 is 5.24. The van der Waals surface area contributed by atoms with Crippen LogP contribution in [0, 0.1) is 0 Å². The second-order valence-corrected chi connectivity index (χ2v) is 5.28. The Balaban J connectivity index is 1.82. The summed E-state index contributed by atoms with van der Waals surface area (Å²) in [5.41, 5.74) is 0. The van der Waals surface area contributed by atoms with E-state index < -0.39 is 0 Å². The molecule has 2 rings (SSSR count). The second kappa shape index (κ2) is 6.50. The number of nitrogens with one attached hydrogen (secondary N) is 1. The molecule has 0 aromatic rings. The monoisotopic (exact) mass is 256 g/mol. The molecule has 0 radical (unpaired) electrons. The molecule has 18 heavy (non-hydrogen) atoms. The SMILES string of the molecule is CC(N[C@@H]1CCCC[C@H]1O)C(=O)N1CCOCC1. The summed E-state index contributed by atoms with van der Waals surface area (Å²) in [6.45, 7) is 4.50. The van der Waals surface area contributed by atoms with E-state index >= 15 is 0 Å². The van der Waals surface area contributed by atoms with Gasteiger partial charge in [-0.05, 0) is 19.8 Å². The largest absolute Gasteiger partial charge is 0.392 e. The van der Waals surface area contributed by atoms with Crippen LogP contribution in [0.3, 0.4) is 0 Å². The molecule has 2 fully saturated rings. The lowest BCUT2D eigenvalue weighted by molar-refractivity contribution is -0.137. The zero-order valence-electron chi connectivity index (χ0n) is 11.1. The fourth-order valence-corrected chi connectivity index (χ4v) is 2.76. The number of carbonyl (C=O) groups is 1. The fourth-order valence-electron chi connectivity index (χ4n) is 2.76. The molecule has 3 atom stereocenters. The minimum absolute atomic E-state index is 0.0683. The number of nitrogens with zero attached hydrogens (tertiary/aromatic N) is 1. The van der Waals surface area contributed by atoms with Crippen molar-refractivity contribution < 1.29 is 14.6 Å². The number of hydrogen-bond donors (Lipinski definition) is 2. The van der Waals surface area contributed by atoms with E-state index in [1.807, 2.05) is 11.8 Å². The maximum Gasteiger partial charge on any atom is 0.239 e. The Morgan fingerprint density at radius 3 is 2.67 bits per heavy atom. The highest BCUT2D eigenvalue weighted by molar-refractivity contribution is 5.81. The highest BCUT2D eigenvalue weighted by Gasteiger charge is 2.28. The summed E-state index contributed by atoms with van der Waals surface area (Å²) in [5, 5.41) is 13.2. The molecule has 104 valence electrons. The third-order valence-electron chi connectivity index (χ3n) is 3.89. The van der Waals surface area contributed by atoms with Gasteiger partial charge in [0.2, 0.25) is 5.91 Å². The van der Waals surface area contributed by atoms with Crippen LogP contribution in [-0.4, -0.2) is 60.4 Å². The van der Waals surface area contributed by atoms with E-state index in [0.29, 0.717) is 26.3 Å². The van der Waals surface area contributed by atoms with Crippen LogP contribution >= 0.6 is 0 Å². The van der Waals surface area contributed by atoms with Crippen molar-refractivity contribution in [2.45, 2.75) is 50.8 Å². The van der Waals surface area contributed by atoms with Crippen molar-refractivity contribution in [3.05, 3.63) is 0 Å². The first-order chi connectivity index (χ1) is 8.68. The normalized spacial score (nSPS) is 31.1. The maximum atomic E-state index is 12.2. The van der Waals surface area contributed by atoms with Crippen LogP contribution in [0.4, 0.5) is 0 Å². The lowest BCUT2D eigenvalue weighted by atomic mass is 9.92. The lowest BCUT2D eigenvalue weighted by Gasteiger charge is -2.34. The van der Waals surface area contributed by atoms with Gasteiger partial charge < -0.3 is 20.1 Å². The third kappa shape index (κ3) is 3.43. The molecule has 0 aromatic carbocycles. The number of carbonyl (C=O) groups excluding carboxylic acids is 1. The Kier molecular flexibility index (Phi) is 4.97. The van der Waals surface area contributed by atoms with Crippen molar-refractivity contribution in [3.8, 4) is 0 Å². The topological polar surface area (TPSA) is 61.8 Å². The van der Waals surface area contributed by atoms with Crippen LogP contribution < -0.4 is 5.32 Å². The maximum absolute atomic E-state index is 12.2. The number of hydrogen-bond acceptors (Lipinski definition) is 4. The molecule has 1 unspecified atom stereocenters. The zero-order valence-corrected chi connectivity index (χ0v) is 11.1. The van der Waals surface area contributed by atoms with E-state index in [1.165, 1.54) is 0 Å². The minimum atomic E-state index is -0.307. The van der Waals surface area contributed by atoms with Gasteiger partial charge in [-0.3, -0.25) is 4.79 Å². The molecule has 1 amide bonds.